The molecule has 0 N–H and O–H groups in total. The Balaban J connectivity index is 2.29. The van der Waals surface area contributed by atoms with Crippen molar-refractivity contribution in [3.05, 3.63) is 66.0 Å². The molecule has 3 nitrogen and oxygen atoms in total. The van der Waals surface area contributed by atoms with Gasteiger partial charge in [0.1, 0.15) is 0 Å². The summed E-state index contributed by atoms with van der Waals surface area (Å²) < 4.78 is 6.88. The zero-order valence-electron chi connectivity index (χ0n) is 11.5. The molecule has 0 aliphatic rings. The summed E-state index contributed by atoms with van der Waals surface area (Å²) in [6.07, 6.45) is 3.89. The van der Waals surface area contributed by atoms with Crippen LogP contribution < -0.4 is 0 Å². The van der Waals surface area contributed by atoms with E-state index in [1.165, 1.54) is 12.7 Å². The number of pyridine rings is 1. The van der Waals surface area contributed by atoms with Gasteiger partial charge in [-0.15, -0.1) is 0 Å². The molecule has 0 bridgehead atoms. The normalized spacial score (nSPS) is 10.7. The quantitative estimate of drug-likeness (QED) is 0.661. The van der Waals surface area contributed by atoms with Crippen molar-refractivity contribution in [3.8, 4) is 11.1 Å². The lowest BCUT2D eigenvalue weighted by molar-refractivity contribution is 0.0604. The number of carbonyl (C=O) groups excluding carboxylic acids is 1. The summed E-state index contributed by atoms with van der Waals surface area (Å²) in [7, 11) is 1.41. The highest BCUT2D eigenvalue weighted by atomic mass is 16.5. The van der Waals surface area contributed by atoms with E-state index in [1.54, 1.807) is 0 Å². The van der Waals surface area contributed by atoms with Gasteiger partial charge in [0.2, 0.25) is 0 Å². The summed E-state index contributed by atoms with van der Waals surface area (Å²) in [4.78, 5) is 12.1. The Kier molecular flexibility index (Phi) is 3.03. The van der Waals surface area contributed by atoms with Crippen LogP contribution >= 0.6 is 0 Å². The highest BCUT2D eigenvalue weighted by Gasteiger charge is 2.19. The van der Waals surface area contributed by atoms with E-state index in [0.29, 0.717) is 5.56 Å². The summed E-state index contributed by atoms with van der Waals surface area (Å²) in [6.45, 7) is 2.04. The summed E-state index contributed by atoms with van der Waals surface area (Å²) in [5.41, 5.74) is 4.56. The molecule has 3 rings (SSSR count). The molecule has 0 atom stereocenters. The molecule has 2 heterocycles. The molecule has 1 aromatic carbocycles. The van der Waals surface area contributed by atoms with Crippen molar-refractivity contribution in [2.24, 2.45) is 0 Å². The van der Waals surface area contributed by atoms with Crippen molar-refractivity contribution in [1.82, 2.24) is 4.40 Å². The van der Waals surface area contributed by atoms with Crippen LogP contribution in [0.15, 0.2) is 54.9 Å². The third kappa shape index (κ3) is 1.97. The summed E-state index contributed by atoms with van der Waals surface area (Å²) in [6, 6.07) is 13.9. The van der Waals surface area contributed by atoms with Crippen molar-refractivity contribution >= 4 is 11.5 Å². The van der Waals surface area contributed by atoms with Crippen LogP contribution in [-0.4, -0.2) is 17.5 Å². The molecule has 100 valence electrons. The number of aryl methyl sites for hydroxylation is 1. The number of hydrogen-bond donors (Lipinski definition) is 0. The maximum absolute atomic E-state index is 12.1. The standard InChI is InChI=1S/C17H15NO2/c1-12-6-8-13(9-7-12)14-11-18-10-4-3-5-15(18)16(14)17(19)20-2/h3-11H,1-2H3. The highest BCUT2D eigenvalue weighted by Crippen LogP contribution is 2.29. The van der Waals surface area contributed by atoms with Gasteiger partial charge in [0.15, 0.2) is 0 Å². The Labute approximate surface area is 117 Å². The van der Waals surface area contributed by atoms with Gasteiger partial charge in [-0.2, -0.15) is 0 Å². The first kappa shape index (κ1) is 12.5. The number of methoxy groups -OCH3 is 1. The molecule has 20 heavy (non-hydrogen) atoms. The van der Waals surface area contributed by atoms with Gasteiger partial charge in [0, 0.05) is 18.0 Å². The van der Waals surface area contributed by atoms with Gasteiger partial charge in [-0.25, -0.2) is 4.79 Å². The van der Waals surface area contributed by atoms with E-state index in [9.17, 15) is 4.79 Å². The van der Waals surface area contributed by atoms with Crippen molar-refractivity contribution in [2.45, 2.75) is 6.92 Å². The highest BCUT2D eigenvalue weighted by molar-refractivity contribution is 6.04. The molecule has 0 fully saturated rings. The first-order valence-electron chi connectivity index (χ1n) is 6.46. The predicted octanol–water partition coefficient (Wildman–Crippen LogP) is 3.70. The zero-order chi connectivity index (χ0) is 14.1. The topological polar surface area (TPSA) is 30.7 Å². The molecule has 0 aliphatic carbocycles. The Morgan fingerprint density at radius 2 is 1.85 bits per heavy atom. The van der Waals surface area contributed by atoms with Crippen LogP contribution in [0.2, 0.25) is 0 Å². The molecule has 0 unspecified atom stereocenters. The van der Waals surface area contributed by atoms with Crippen molar-refractivity contribution in [1.29, 1.82) is 0 Å². The molecular formula is C17H15NO2. The van der Waals surface area contributed by atoms with Gasteiger partial charge in [-0.1, -0.05) is 35.9 Å². The second-order valence-electron chi connectivity index (χ2n) is 4.77. The number of benzene rings is 1. The Morgan fingerprint density at radius 3 is 2.55 bits per heavy atom. The van der Waals surface area contributed by atoms with E-state index in [4.69, 9.17) is 4.74 Å². The molecule has 0 aliphatic heterocycles. The maximum Gasteiger partial charge on any atom is 0.340 e. The van der Waals surface area contributed by atoms with Gasteiger partial charge in [-0.3, -0.25) is 0 Å². The zero-order valence-corrected chi connectivity index (χ0v) is 11.5. The number of ether oxygens (including phenoxy) is 1. The summed E-state index contributed by atoms with van der Waals surface area (Å²) in [5, 5.41) is 0. The molecule has 2 aromatic heterocycles. The number of rotatable bonds is 2. The second kappa shape index (κ2) is 4.85. The van der Waals surface area contributed by atoms with E-state index in [1.807, 2.05) is 66.2 Å². The van der Waals surface area contributed by atoms with Crippen LogP contribution in [0.4, 0.5) is 0 Å². The number of esters is 1. The Bertz CT molecular complexity index is 769. The average Bonchev–Trinajstić information content (AvgIpc) is 2.86. The van der Waals surface area contributed by atoms with Gasteiger partial charge in [0.25, 0.3) is 0 Å². The molecule has 0 spiro atoms. The van der Waals surface area contributed by atoms with Crippen molar-refractivity contribution in [2.75, 3.05) is 7.11 Å². The van der Waals surface area contributed by atoms with Crippen LogP contribution in [0.1, 0.15) is 15.9 Å². The minimum atomic E-state index is -0.311. The number of hydrogen-bond acceptors (Lipinski definition) is 2. The van der Waals surface area contributed by atoms with E-state index < -0.39 is 0 Å². The van der Waals surface area contributed by atoms with E-state index in [0.717, 1.165) is 16.6 Å². The summed E-state index contributed by atoms with van der Waals surface area (Å²) in [5.74, 6) is -0.311. The fourth-order valence-electron chi connectivity index (χ4n) is 2.39. The maximum atomic E-state index is 12.1. The van der Waals surface area contributed by atoms with Crippen LogP contribution in [0, 0.1) is 6.92 Å². The Hall–Kier alpha value is -2.55. The van der Waals surface area contributed by atoms with Gasteiger partial charge >= 0.3 is 5.97 Å². The largest absolute Gasteiger partial charge is 0.465 e. The lowest BCUT2D eigenvalue weighted by atomic mass is 10.0. The number of aromatic nitrogens is 1. The van der Waals surface area contributed by atoms with Crippen molar-refractivity contribution < 1.29 is 9.53 Å². The summed E-state index contributed by atoms with van der Waals surface area (Å²) >= 11 is 0. The third-order valence-corrected chi connectivity index (χ3v) is 3.44. The Morgan fingerprint density at radius 1 is 1.10 bits per heavy atom. The first-order valence-corrected chi connectivity index (χ1v) is 6.46. The lowest BCUT2D eigenvalue weighted by Crippen LogP contribution is -2.02. The minimum absolute atomic E-state index is 0.311. The van der Waals surface area contributed by atoms with Gasteiger partial charge in [0.05, 0.1) is 18.2 Å². The first-order chi connectivity index (χ1) is 9.70. The predicted molar refractivity (Wildman–Crippen MR) is 78.9 cm³/mol. The molecule has 0 amide bonds. The van der Waals surface area contributed by atoms with Crippen LogP contribution in [0.3, 0.4) is 0 Å². The van der Waals surface area contributed by atoms with E-state index in [-0.39, 0.29) is 5.97 Å². The minimum Gasteiger partial charge on any atom is -0.465 e. The molecule has 0 saturated heterocycles. The SMILES string of the molecule is COC(=O)c1c(-c2ccc(C)cc2)cn2ccccc12. The average molecular weight is 265 g/mol. The van der Waals surface area contributed by atoms with Crippen LogP contribution in [-0.2, 0) is 4.74 Å². The molecular weight excluding hydrogens is 250 g/mol. The second-order valence-corrected chi connectivity index (χ2v) is 4.77. The van der Waals surface area contributed by atoms with E-state index in [2.05, 4.69) is 0 Å². The molecule has 3 heteroatoms. The third-order valence-electron chi connectivity index (χ3n) is 3.44. The number of fused-ring (bicyclic) bond motifs is 1. The van der Waals surface area contributed by atoms with Crippen LogP contribution in [0.5, 0.6) is 0 Å². The number of nitrogens with zero attached hydrogens (tertiary/aromatic N) is 1. The monoisotopic (exact) mass is 265 g/mol. The van der Waals surface area contributed by atoms with Gasteiger partial charge < -0.3 is 9.14 Å². The fourth-order valence-corrected chi connectivity index (χ4v) is 2.39. The number of carbonyl (C=O) groups is 1. The lowest BCUT2D eigenvalue weighted by Gasteiger charge is -2.03. The van der Waals surface area contributed by atoms with Gasteiger partial charge in [-0.05, 0) is 24.6 Å². The molecule has 3 aromatic rings. The molecule has 0 saturated carbocycles. The smallest absolute Gasteiger partial charge is 0.340 e. The fraction of sp³-hybridized carbons (Fsp3) is 0.118. The molecule has 0 radical (unpaired) electrons. The van der Waals surface area contributed by atoms with E-state index >= 15 is 0 Å². The van der Waals surface area contributed by atoms with Crippen LogP contribution in [0.25, 0.3) is 16.6 Å². The van der Waals surface area contributed by atoms with Crippen molar-refractivity contribution in [3.63, 3.8) is 0 Å².